The van der Waals surface area contributed by atoms with Crippen molar-refractivity contribution in [3.05, 3.63) is 41.3 Å². The topological polar surface area (TPSA) is 39.1 Å². The van der Waals surface area contributed by atoms with E-state index in [1.807, 2.05) is 6.92 Å². The minimum Gasteiger partial charge on any atom is -0.436 e. The summed E-state index contributed by atoms with van der Waals surface area (Å²) in [5.74, 6) is 0.387. The van der Waals surface area contributed by atoms with Gasteiger partial charge in [-0.15, -0.1) is 0 Å². The Balaban J connectivity index is 2.29. The van der Waals surface area contributed by atoms with Gasteiger partial charge in [0, 0.05) is 19.1 Å². The van der Waals surface area contributed by atoms with Gasteiger partial charge in [-0.05, 0) is 39.8 Å². The van der Waals surface area contributed by atoms with E-state index in [1.54, 1.807) is 29.9 Å². The Morgan fingerprint density at radius 1 is 1.29 bits per heavy atom. The standard InChI is InChI=1S/C16H22FN3O/c1-11-12(10-18-16(2,3)4)15(20(5)19-11)21-14-9-7-6-8-13(14)17/h6-9,18H,10H2,1-5H3. The van der Waals surface area contributed by atoms with Crippen LogP contribution in [-0.4, -0.2) is 15.3 Å². The molecule has 114 valence electrons. The van der Waals surface area contributed by atoms with Gasteiger partial charge in [0.05, 0.1) is 11.3 Å². The molecule has 0 saturated carbocycles. The highest BCUT2D eigenvalue weighted by atomic mass is 19.1. The molecule has 0 amide bonds. The molecule has 21 heavy (non-hydrogen) atoms. The number of ether oxygens (including phenoxy) is 1. The van der Waals surface area contributed by atoms with Crippen LogP contribution >= 0.6 is 0 Å². The van der Waals surface area contributed by atoms with E-state index in [0.717, 1.165) is 11.3 Å². The van der Waals surface area contributed by atoms with Crippen LogP contribution in [0.5, 0.6) is 11.6 Å². The molecule has 1 heterocycles. The summed E-state index contributed by atoms with van der Waals surface area (Å²) in [6.45, 7) is 8.82. The largest absolute Gasteiger partial charge is 0.436 e. The molecule has 4 nitrogen and oxygen atoms in total. The zero-order valence-corrected chi connectivity index (χ0v) is 13.2. The SMILES string of the molecule is Cc1nn(C)c(Oc2ccccc2F)c1CNC(C)(C)C. The van der Waals surface area contributed by atoms with Gasteiger partial charge in [-0.25, -0.2) is 9.07 Å². The predicted octanol–water partition coefficient (Wildman–Crippen LogP) is 3.55. The highest BCUT2D eigenvalue weighted by Gasteiger charge is 2.19. The maximum absolute atomic E-state index is 13.8. The summed E-state index contributed by atoms with van der Waals surface area (Å²) >= 11 is 0. The van der Waals surface area contributed by atoms with Gasteiger partial charge in [0.1, 0.15) is 0 Å². The normalized spacial score (nSPS) is 11.7. The summed E-state index contributed by atoms with van der Waals surface area (Å²) in [6.07, 6.45) is 0. The Morgan fingerprint density at radius 3 is 2.57 bits per heavy atom. The molecular formula is C16H22FN3O. The second kappa shape index (κ2) is 5.85. The first-order valence-electron chi connectivity index (χ1n) is 6.98. The smallest absolute Gasteiger partial charge is 0.222 e. The predicted molar refractivity (Wildman–Crippen MR) is 81.0 cm³/mol. The van der Waals surface area contributed by atoms with Crippen LogP contribution in [0.3, 0.4) is 0 Å². The van der Waals surface area contributed by atoms with Gasteiger partial charge in [-0.3, -0.25) is 0 Å². The summed E-state index contributed by atoms with van der Waals surface area (Å²) in [5, 5.41) is 7.77. The van der Waals surface area contributed by atoms with Crippen molar-refractivity contribution in [1.82, 2.24) is 15.1 Å². The van der Waals surface area contributed by atoms with Crippen LogP contribution in [0.4, 0.5) is 4.39 Å². The van der Waals surface area contributed by atoms with E-state index in [4.69, 9.17) is 4.74 Å². The molecule has 0 radical (unpaired) electrons. The minimum atomic E-state index is -0.383. The first kappa shape index (κ1) is 15.5. The molecule has 0 aliphatic rings. The van der Waals surface area contributed by atoms with Crippen LogP contribution in [0.1, 0.15) is 32.0 Å². The van der Waals surface area contributed by atoms with Crippen molar-refractivity contribution in [2.75, 3.05) is 0 Å². The molecule has 1 aromatic heterocycles. The van der Waals surface area contributed by atoms with Gasteiger partial charge >= 0.3 is 0 Å². The number of aromatic nitrogens is 2. The highest BCUT2D eigenvalue weighted by molar-refractivity contribution is 5.36. The number of para-hydroxylation sites is 1. The summed E-state index contributed by atoms with van der Waals surface area (Å²) in [7, 11) is 1.80. The zero-order valence-electron chi connectivity index (χ0n) is 13.2. The van der Waals surface area contributed by atoms with Crippen LogP contribution in [0.25, 0.3) is 0 Å². The Hall–Kier alpha value is -1.88. The summed E-state index contributed by atoms with van der Waals surface area (Å²) in [4.78, 5) is 0. The van der Waals surface area contributed by atoms with Crippen molar-refractivity contribution >= 4 is 0 Å². The summed E-state index contributed by atoms with van der Waals surface area (Å²) in [5.41, 5.74) is 1.80. The van der Waals surface area contributed by atoms with E-state index < -0.39 is 0 Å². The van der Waals surface area contributed by atoms with E-state index in [9.17, 15) is 4.39 Å². The fraction of sp³-hybridized carbons (Fsp3) is 0.438. The van der Waals surface area contributed by atoms with E-state index >= 15 is 0 Å². The molecule has 0 atom stereocenters. The van der Waals surface area contributed by atoms with Crippen molar-refractivity contribution in [3.63, 3.8) is 0 Å². The number of hydrogen-bond donors (Lipinski definition) is 1. The van der Waals surface area contributed by atoms with Crippen molar-refractivity contribution < 1.29 is 9.13 Å². The Bertz CT molecular complexity index is 629. The maximum Gasteiger partial charge on any atom is 0.222 e. The van der Waals surface area contributed by atoms with Gasteiger partial charge in [0.15, 0.2) is 11.6 Å². The van der Waals surface area contributed by atoms with Gasteiger partial charge in [0.25, 0.3) is 0 Å². The monoisotopic (exact) mass is 291 g/mol. The lowest BCUT2D eigenvalue weighted by atomic mass is 10.1. The maximum atomic E-state index is 13.8. The van der Waals surface area contributed by atoms with E-state index in [-0.39, 0.29) is 17.1 Å². The minimum absolute atomic E-state index is 0.0163. The lowest BCUT2D eigenvalue weighted by molar-refractivity contribution is 0.387. The number of nitrogens with one attached hydrogen (secondary N) is 1. The van der Waals surface area contributed by atoms with Gasteiger partial charge in [-0.1, -0.05) is 12.1 Å². The Morgan fingerprint density at radius 2 is 1.95 bits per heavy atom. The molecule has 0 spiro atoms. The number of benzene rings is 1. The Kier molecular flexibility index (Phi) is 4.32. The lowest BCUT2D eigenvalue weighted by Gasteiger charge is -2.20. The first-order chi connectivity index (χ1) is 9.78. The number of halogens is 1. The quantitative estimate of drug-likeness (QED) is 0.936. The molecule has 5 heteroatoms. The zero-order chi connectivity index (χ0) is 15.6. The second-order valence-electron chi connectivity index (χ2n) is 6.13. The Labute approximate surface area is 124 Å². The third-order valence-corrected chi connectivity index (χ3v) is 3.13. The average Bonchev–Trinajstić information content (AvgIpc) is 2.63. The van der Waals surface area contributed by atoms with Crippen molar-refractivity contribution in [3.8, 4) is 11.6 Å². The van der Waals surface area contributed by atoms with Gasteiger partial charge < -0.3 is 10.1 Å². The van der Waals surface area contributed by atoms with Crippen LogP contribution in [-0.2, 0) is 13.6 Å². The molecule has 0 aliphatic carbocycles. The molecule has 2 rings (SSSR count). The molecular weight excluding hydrogens is 269 g/mol. The molecule has 0 unspecified atom stereocenters. The van der Waals surface area contributed by atoms with Gasteiger partial charge in [0.2, 0.25) is 5.88 Å². The molecule has 1 aromatic carbocycles. The van der Waals surface area contributed by atoms with Crippen LogP contribution in [0, 0.1) is 12.7 Å². The molecule has 2 aromatic rings. The van der Waals surface area contributed by atoms with E-state index in [0.29, 0.717) is 12.4 Å². The fourth-order valence-corrected chi connectivity index (χ4v) is 2.00. The fourth-order valence-electron chi connectivity index (χ4n) is 2.00. The number of nitrogens with zero attached hydrogens (tertiary/aromatic N) is 2. The van der Waals surface area contributed by atoms with E-state index in [2.05, 4.69) is 31.2 Å². The number of hydrogen-bond acceptors (Lipinski definition) is 3. The van der Waals surface area contributed by atoms with Crippen molar-refractivity contribution in [2.45, 2.75) is 39.8 Å². The number of aryl methyl sites for hydroxylation is 2. The van der Waals surface area contributed by atoms with Crippen LogP contribution < -0.4 is 10.1 Å². The summed E-state index contributed by atoms with van der Waals surface area (Å²) < 4.78 is 21.1. The van der Waals surface area contributed by atoms with Gasteiger partial charge in [-0.2, -0.15) is 5.10 Å². The first-order valence-corrected chi connectivity index (χ1v) is 6.98. The molecule has 1 N–H and O–H groups in total. The third kappa shape index (κ3) is 3.82. The highest BCUT2D eigenvalue weighted by Crippen LogP contribution is 2.29. The summed E-state index contributed by atoms with van der Waals surface area (Å²) in [6, 6.07) is 6.37. The molecule has 0 saturated heterocycles. The van der Waals surface area contributed by atoms with Crippen LogP contribution in [0.2, 0.25) is 0 Å². The molecule has 0 aliphatic heterocycles. The second-order valence-corrected chi connectivity index (χ2v) is 6.13. The lowest BCUT2D eigenvalue weighted by Crippen LogP contribution is -2.35. The molecule has 0 fully saturated rings. The average molecular weight is 291 g/mol. The van der Waals surface area contributed by atoms with Crippen LogP contribution in [0.15, 0.2) is 24.3 Å². The van der Waals surface area contributed by atoms with E-state index in [1.165, 1.54) is 6.07 Å². The van der Waals surface area contributed by atoms with Crippen molar-refractivity contribution in [2.24, 2.45) is 7.05 Å². The third-order valence-electron chi connectivity index (χ3n) is 3.13. The van der Waals surface area contributed by atoms with Crippen molar-refractivity contribution in [1.29, 1.82) is 0 Å². The number of rotatable bonds is 4. The molecule has 0 bridgehead atoms.